The molecule has 0 aliphatic rings. The molecule has 1 heterocycles. The highest BCUT2D eigenvalue weighted by atomic mass is 16.4. The summed E-state index contributed by atoms with van der Waals surface area (Å²) in [6, 6.07) is 0. The van der Waals surface area contributed by atoms with Crippen LogP contribution in [0.4, 0.5) is 0 Å². The van der Waals surface area contributed by atoms with E-state index >= 15 is 0 Å². The molecule has 0 spiro atoms. The predicted molar refractivity (Wildman–Crippen MR) is 73.0 cm³/mol. The van der Waals surface area contributed by atoms with Gasteiger partial charge in [-0.15, -0.1) is 10.2 Å². The van der Waals surface area contributed by atoms with Crippen molar-refractivity contribution >= 4 is 11.9 Å². The zero-order chi connectivity index (χ0) is 15.2. The van der Waals surface area contributed by atoms with Crippen LogP contribution in [0.1, 0.15) is 38.9 Å². The Bertz CT molecular complexity index is 466. The van der Waals surface area contributed by atoms with Crippen LogP contribution < -0.4 is 5.32 Å². The summed E-state index contributed by atoms with van der Waals surface area (Å²) in [5.74, 6) is -0.370. The molecular weight excluding hydrogens is 260 g/mol. The number of aromatic nitrogens is 3. The summed E-state index contributed by atoms with van der Waals surface area (Å²) < 4.78 is 1.78. The molecule has 0 saturated heterocycles. The van der Waals surface area contributed by atoms with Crippen molar-refractivity contribution < 1.29 is 14.7 Å². The maximum atomic E-state index is 11.9. The van der Waals surface area contributed by atoms with Gasteiger partial charge in [0.2, 0.25) is 5.91 Å². The van der Waals surface area contributed by atoms with Crippen LogP contribution in [0.25, 0.3) is 0 Å². The Morgan fingerprint density at radius 1 is 1.40 bits per heavy atom. The standard InChI is InChI=1S/C13H22N4O3/c1-4-13(5-2,12(19)20)8-11(18)14-7-6-10-16-15-9-17(10)3/h9H,4-8H2,1-3H3,(H,14,18)(H,19,20). The number of amides is 1. The van der Waals surface area contributed by atoms with Crippen molar-refractivity contribution in [3.05, 3.63) is 12.2 Å². The summed E-state index contributed by atoms with van der Waals surface area (Å²) in [6.45, 7) is 4.02. The number of carbonyl (C=O) groups excluding carboxylic acids is 1. The first kappa shape index (κ1) is 16.1. The number of hydrogen-bond donors (Lipinski definition) is 2. The maximum Gasteiger partial charge on any atom is 0.310 e. The van der Waals surface area contributed by atoms with E-state index < -0.39 is 11.4 Å². The van der Waals surface area contributed by atoms with Gasteiger partial charge in [0.05, 0.1) is 5.41 Å². The summed E-state index contributed by atoms with van der Waals surface area (Å²) in [4.78, 5) is 23.2. The fourth-order valence-corrected chi connectivity index (χ4v) is 2.10. The molecule has 1 rings (SSSR count). The number of aryl methyl sites for hydroxylation is 1. The normalized spacial score (nSPS) is 11.3. The van der Waals surface area contributed by atoms with Crippen molar-refractivity contribution in [1.29, 1.82) is 0 Å². The minimum atomic E-state index is -0.963. The maximum absolute atomic E-state index is 11.9. The van der Waals surface area contributed by atoms with Gasteiger partial charge in [0, 0.05) is 26.4 Å². The average molecular weight is 282 g/mol. The molecule has 1 aromatic heterocycles. The lowest BCUT2D eigenvalue weighted by Crippen LogP contribution is -2.37. The number of nitrogens with one attached hydrogen (secondary N) is 1. The molecule has 0 aliphatic heterocycles. The zero-order valence-electron chi connectivity index (χ0n) is 12.2. The van der Waals surface area contributed by atoms with Gasteiger partial charge >= 0.3 is 5.97 Å². The van der Waals surface area contributed by atoms with E-state index in [9.17, 15) is 14.7 Å². The van der Waals surface area contributed by atoms with Crippen LogP contribution in [0.5, 0.6) is 0 Å². The lowest BCUT2D eigenvalue weighted by Gasteiger charge is -2.25. The molecule has 0 saturated carbocycles. The molecule has 0 unspecified atom stereocenters. The van der Waals surface area contributed by atoms with Crippen LogP contribution in [0.3, 0.4) is 0 Å². The van der Waals surface area contributed by atoms with E-state index in [1.54, 1.807) is 24.7 Å². The van der Waals surface area contributed by atoms with Gasteiger partial charge in [0.1, 0.15) is 12.2 Å². The molecule has 0 fully saturated rings. The number of carbonyl (C=O) groups is 2. The highest BCUT2D eigenvalue weighted by Gasteiger charge is 2.36. The number of carboxylic acid groups (broad SMARTS) is 1. The molecule has 0 aliphatic carbocycles. The zero-order valence-corrected chi connectivity index (χ0v) is 12.2. The van der Waals surface area contributed by atoms with E-state index in [2.05, 4.69) is 15.5 Å². The van der Waals surface area contributed by atoms with Crippen LogP contribution in [0, 0.1) is 5.41 Å². The van der Waals surface area contributed by atoms with E-state index in [4.69, 9.17) is 0 Å². The molecule has 0 bridgehead atoms. The average Bonchev–Trinajstić information content (AvgIpc) is 2.81. The number of carboxylic acids is 1. The summed E-state index contributed by atoms with van der Waals surface area (Å²) in [7, 11) is 1.83. The molecule has 7 heteroatoms. The summed E-state index contributed by atoms with van der Waals surface area (Å²) in [6.07, 6.45) is 3.06. The Kier molecular flexibility index (Phi) is 5.66. The molecule has 112 valence electrons. The first-order valence-electron chi connectivity index (χ1n) is 6.78. The SMILES string of the molecule is CCC(CC)(CC(=O)NCCc1nncn1C)C(=O)O. The second-order valence-corrected chi connectivity index (χ2v) is 4.93. The topological polar surface area (TPSA) is 97.1 Å². The van der Waals surface area contributed by atoms with Crippen LogP contribution in [-0.4, -0.2) is 38.3 Å². The molecule has 20 heavy (non-hydrogen) atoms. The number of hydrogen-bond acceptors (Lipinski definition) is 4. The summed E-state index contributed by atoms with van der Waals surface area (Å²) in [5.41, 5.74) is -0.963. The van der Waals surface area contributed by atoms with Gasteiger partial charge in [-0.3, -0.25) is 9.59 Å². The Morgan fingerprint density at radius 3 is 2.50 bits per heavy atom. The number of nitrogens with zero attached hydrogens (tertiary/aromatic N) is 3. The number of aliphatic carboxylic acids is 1. The second-order valence-electron chi connectivity index (χ2n) is 4.93. The molecule has 0 atom stereocenters. The fourth-order valence-electron chi connectivity index (χ4n) is 2.10. The molecule has 7 nitrogen and oxygen atoms in total. The molecule has 1 aromatic rings. The Morgan fingerprint density at radius 2 is 2.05 bits per heavy atom. The van der Waals surface area contributed by atoms with Gasteiger partial charge in [0.25, 0.3) is 0 Å². The third kappa shape index (κ3) is 3.79. The van der Waals surface area contributed by atoms with Crippen molar-refractivity contribution in [2.24, 2.45) is 12.5 Å². The van der Waals surface area contributed by atoms with Crippen LogP contribution in [0.15, 0.2) is 6.33 Å². The van der Waals surface area contributed by atoms with Gasteiger partial charge in [-0.1, -0.05) is 13.8 Å². The molecule has 0 aromatic carbocycles. The quantitative estimate of drug-likeness (QED) is 0.733. The predicted octanol–water partition coefficient (Wildman–Crippen LogP) is 0.755. The van der Waals surface area contributed by atoms with Crippen LogP contribution >= 0.6 is 0 Å². The van der Waals surface area contributed by atoms with E-state index in [0.29, 0.717) is 25.8 Å². The van der Waals surface area contributed by atoms with Gasteiger partial charge in [-0.2, -0.15) is 0 Å². The Labute approximate surface area is 118 Å². The number of rotatable bonds is 8. The fraction of sp³-hybridized carbons (Fsp3) is 0.692. The van der Waals surface area contributed by atoms with E-state index in [0.717, 1.165) is 5.82 Å². The van der Waals surface area contributed by atoms with Gasteiger partial charge in [-0.25, -0.2) is 0 Å². The first-order valence-corrected chi connectivity index (χ1v) is 6.78. The molecule has 1 amide bonds. The third-order valence-corrected chi connectivity index (χ3v) is 3.78. The van der Waals surface area contributed by atoms with E-state index in [1.807, 2.05) is 7.05 Å². The minimum absolute atomic E-state index is 0.00808. The van der Waals surface area contributed by atoms with Crippen molar-refractivity contribution in [1.82, 2.24) is 20.1 Å². The largest absolute Gasteiger partial charge is 0.481 e. The van der Waals surface area contributed by atoms with Crippen molar-refractivity contribution in [3.63, 3.8) is 0 Å². The van der Waals surface area contributed by atoms with Gasteiger partial charge < -0.3 is 15.0 Å². The third-order valence-electron chi connectivity index (χ3n) is 3.78. The monoisotopic (exact) mass is 282 g/mol. The smallest absolute Gasteiger partial charge is 0.310 e. The second kappa shape index (κ2) is 7.02. The van der Waals surface area contributed by atoms with Crippen LogP contribution in [-0.2, 0) is 23.1 Å². The van der Waals surface area contributed by atoms with Gasteiger partial charge in [0.15, 0.2) is 0 Å². The van der Waals surface area contributed by atoms with Crippen LogP contribution in [0.2, 0.25) is 0 Å². The molecule has 2 N–H and O–H groups in total. The Balaban J connectivity index is 2.47. The summed E-state index contributed by atoms with van der Waals surface area (Å²) in [5, 5.41) is 19.7. The van der Waals surface area contributed by atoms with Crippen molar-refractivity contribution in [2.75, 3.05) is 6.54 Å². The van der Waals surface area contributed by atoms with Crippen molar-refractivity contribution in [2.45, 2.75) is 39.5 Å². The summed E-state index contributed by atoms with van der Waals surface area (Å²) >= 11 is 0. The first-order chi connectivity index (χ1) is 9.45. The van der Waals surface area contributed by atoms with Crippen molar-refractivity contribution in [3.8, 4) is 0 Å². The molecular formula is C13H22N4O3. The highest BCUT2D eigenvalue weighted by molar-refractivity contribution is 5.84. The lowest BCUT2D eigenvalue weighted by atomic mass is 9.79. The van der Waals surface area contributed by atoms with E-state index in [-0.39, 0.29) is 12.3 Å². The molecule has 0 radical (unpaired) electrons. The lowest BCUT2D eigenvalue weighted by molar-refractivity contribution is -0.152. The van der Waals surface area contributed by atoms with E-state index in [1.165, 1.54) is 0 Å². The minimum Gasteiger partial charge on any atom is -0.481 e. The van der Waals surface area contributed by atoms with Gasteiger partial charge in [-0.05, 0) is 12.8 Å². The Hall–Kier alpha value is -1.92. The highest BCUT2D eigenvalue weighted by Crippen LogP contribution is 2.30.